The molecule has 1 aliphatic carbocycles. The van der Waals surface area contributed by atoms with E-state index >= 15 is 0 Å². The second-order valence-corrected chi connectivity index (χ2v) is 8.07. The highest BCUT2D eigenvalue weighted by Gasteiger charge is 2.23. The Hall–Kier alpha value is -2.07. The Balaban J connectivity index is 1.73. The summed E-state index contributed by atoms with van der Waals surface area (Å²) in [6.45, 7) is 4.17. The van der Waals surface area contributed by atoms with Gasteiger partial charge in [-0.05, 0) is 56.2 Å². The number of rotatable bonds is 3. The molecule has 0 saturated carbocycles. The van der Waals surface area contributed by atoms with E-state index in [1.54, 1.807) is 11.3 Å². The van der Waals surface area contributed by atoms with Gasteiger partial charge in [-0.2, -0.15) is 0 Å². The first-order chi connectivity index (χ1) is 12.2. The lowest BCUT2D eigenvalue weighted by atomic mass is 10.1. The number of aryl methyl sites for hydroxylation is 4. The summed E-state index contributed by atoms with van der Waals surface area (Å²) in [5, 5.41) is 3.14. The van der Waals surface area contributed by atoms with E-state index in [9.17, 15) is 4.79 Å². The minimum atomic E-state index is 0.000981. The quantitative estimate of drug-likeness (QED) is 0.590. The fraction of sp³-hybridized carbons (Fsp3) is 0.381. The Bertz CT molecular complexity index is 935. The predicted molar refractivity (Wildman–Crippen MR) is 106 cm³/mol. The van der Waals surface area contributed by atoms with Crippen molar-refractivity contribution in [2.75, 3.05) is 5.32 Å². The zero-order valence-corrected chi connectivity index (χ0v) is 15.7. The number of carbonyl (C=O) groups excluding carboxylic acids is 1. The van der Waals surface area contributed by atoms with Crippen LogP contribution in [0.1, 0.15) is 58.2 Å². The van der Waals surface area contributed by atoms with Crippen molar-refractivity contribution in [3.8, 4) is 0 Å². The Morgan fingerprint density at radius 1 is 1.20 bits per heavy atom. The van der Waals surface area contributed by atoms with Crippen LogP contribution in [-0.2, 0) is 19.3 Å². The van der Waals surface area contributed by atoms with Crippen LogP contribution in [0.25, 0.3) is 10.2 Å². The maximum atomic E-state index is 13.0. The van der Waals surface area contributed by atoms with Crippen molar-refractivity contribution in [1.82, 2.24) is 4.98 Å². The van der Waals surface area contributed by atoms with Crippen LogP contribution in [0.15, 0.2) is 24.3 Å². The molecule has 4 heteroatoms. The molecule has 0 spiro atoms. The maximum absolute atomic E-state index is 13.0. The van der Waals surface area contributed by atoms with Gasteiger partial charge >= 0.3 is 0 Å². The number of H-pyrrole nitrogens is 1. The van der Waals surface area contributed by atoms with E-state index in [2.05, 4.69) is 30.2 Å². The average molecular weight is 353 g/mol. The number of hydrogen-bond acceptors (Lipinski definition) is 2. The fourth-order valence-corrected chi connectivity index (χ4v) is 5.11. The molecule has 3 aromatic rings. The third kappa shape index (κ3) is 2.89. The standard InChI is InChI=1S/C21H24N2OS/c1-3-14-9-7-8-11-16(14)23-21(24)18-13(2)25-20-15-10-5-4-6-12-17(15)22-19(18)20/h7-9,11,22H,3-6,10,12H2,1-2H3,(H,23,24). The molecule has 0 unspecified atom stereocenters. The molecule has 2 aromatic heterocycles. The van der Waals surface area contributed by atoms with Crippen molar-refractivity contribution >= 4 is 33.1 Å². The molecule has 130 valence electrons. The van der Waals surface area contributed by atoms with E-state index < -0.39 is 0 Å². The van der Waals surface area contributed by atoms with Crippen LogP contribution in [-0.4, -0.2) is 10.9 Å². The van der Waals surface area contributed by atoms with Crippen LogP contribution in [0.4, 0.5) is 5.69 Å². The third-order valence-electron chi connectivity index (χ3n) is 5.23. The SMILES string of the molecule is CCc1ccccc1NC(=O)c1c(C)sc2c3c([nH]c12)CCCCC3. The van der Waals surface area contributed by atoms with Crippen LogP contribution >= 0.6 is 11.3 Å². The summed E-state index contributed by atoms with van der Waals surface area (Å²) in [5.41, 5.74) is 6.75. The van der Waals surface area contributed by atoms with Gasteiger partial charge in [0.25, 0.3) is 5.91 Å². The number of benzene rings is 1. The smallest absolute Gasteiger partial charge is 0.258 e. The second-order valence-electron chi connectivity index (χ2n) is 6.84. The van der Waals surface area contributed by atoms with Gasteiger partial charge in [-0.25, -0.2) is 0 Å². The molecule has 2 heterocycles. The van der Waals surface area contributed by atoms with Gasteiger partial charge < -0.3 is 10.3 Å². The molecular weight excluding hydrogens is 328 g/mol. The number of para-hydroxylation sites is 1. The van der Waals surface area contributed by atoms with E-state index in [-0.39, 0.29) is 5.91 Å². The highest BCUT2D eigenvalue weighted by atomic mass is 32.1. The minimum absolute atomic E-state index is 0.000981. The van der Waals surface area contributed by atoms with Gasteiger partial charge in [-0.3, -0.25) is 4.79 Å². The molecule has 0 radical (unpaired) electrons. The number of carbonyl (C=O) groups is 1. The van der Waals surface area contributed by atoms with Gasteiger partial charge in [0.15, 0.2) is 0 Å². The molecule has 25 heavy (non-hydrogen) atoms. The maximum Gasteiger partial charge on any atom is 0.258 e. The van der Waals surface area contributed by atoms with Crippen molar-refractivity contribution in [3.05, 3.63) is 51.5 Å². The summed E-state index contributed by atoms with van der Waals surface area (Å²) in [6, 6.07) is 8.05. The Labute approximate surface area is 152 Å². The van der Waals surface area contributed by atoms with Gasteiger partial charge in [0.1, 0.15) is 0 Å². The van der Waals surface area contributed by atoms with Crippen molar-refractivity contribution in [1.29, 1.82) is 0 Å². The molecule has 3 nitrogen and oxygen atoms in total. The number of nitrogens with one attached hydrogen (secondary N) is 2. The Kier molecular flexibility index (Phi) is 4.38. The summed E-state index contributed by atoms with van der Waals surface area (Å²) >= 11 is 1.77. The average Bonchev–Trinajstić information content (AvgIpc) is 2.98. The highest BCUT2D eigenvalue weighted by Crippen LogP contribution is 2.37. The molecule has 0 atom stereocenters. The summed E-state index contributed by atoms with van der Waals surface area (Å²) in [5.74, 6) is 0.000981. The fourth-order valence-electron chi connectivity index (χ4n) is 3.91. The third-order valence-corrected chi connectivity index (χ3v) is 6.39. The van der Waals surface area contributed by atoms with Gasteiger partial charge in [0.2, 0.25) is 0 Å². The second kappa shape index (κ2) is 6.68. The van der Waals surface area contributed by atoms with E-state index in [0.717, 1.165) is 40.9 Å². The van der Waals surface area contributed by atoms with Crippen LogP contribution < -0.4 is 5.32 Å². The molecule has 0 fully saturated rings. The van der Waals surface area contributed by atoms with Crippen molar-refractivity contribution in [3.63, 3.8) is 0 Å². The first kappa shape index (κ1) is 16.4. The summed E-state index contributed by atoms with van der Waals surface area (Å²) < 4.78 is 1.29. The van der Waals surface area contributed by atoms with Crippen molar-refractivity contribution in [2.45, 2.75) is 52.4 Å². The van der Waals surface area contributed by atoms with Crippen LogP contribution in [0.2, 0.25) is 0 Å². The number of amides is 1. The molecular formula is C21H24N2OS. The summed E-state index contributed by atoms with van der Waals surface area (Å²) in [7, 11) is 0. The topological polar surface area (TPSA) is 44.9 Å². The molecule has 0 aliphatic heterocycles. The van der Waals surface area contributed by atoms with E-state index in [4.69, 9.17) is 0 Å². The number of aromatic nitrogens is 1. The van der Waals surface area contributed by atoms with Gasteiger partial charge in [0, 0.05) is 16.3 Å². The first-order valence-electron chi connectivity index (χ1n) is 9.21. The number of anilines is 1. The number of hydrogen-bond donors (Lipinski definition) is 2. The Morgan fingerprint density at radius 3 is 2.84 bits per heavy atom. The summed E-state index contributed by atoms with van der Waals surface area (Å²) in [6.07, 6.45) is 6.94. The van der Waals surface area contributed by atoms with Crippen molar-refractivity contribution in [2.24, 2.45) is 0 Å². The lowest BCUT2D eigenvalue weighted by Crippen LogP contribution is -2.14. The van der Waals surface area contributed by atoms with Gasteiger partial charge in [-0.1, -0.05) is 31.5 Å². The highest BCUT2D eigenvalue weighted by molar-refractivity contribution is 7.19. The van der Waals surface area contributed by atoms with E-state index in [0.29, 0.717) is 0 Å². The predicted octanol–water partition coefficient (Wildman–Crippen LogP) is 5.62. The van der Waals surface area contributed by atoms with E-state index in [1.807, 2.05) is 18.2 Å². The molecule has 0 saturated heterocycles. The van der Waals surface area contributed by atoms with Crippen molar-refractivity contribution < 1.29 is 4.79 Å². The van der Waals surface area contributed by atoms with Crippen LogP contribution in [0, 0.1) is 6.92 Å². The molecule has 0 bridgehead atoms. The molecule has 1 aliphatic rings. The molecule has 2 N–H and O–H groups in total. The molecule has 1 aromatic carbocycles. The number of fused-ring (bicyclic) bond motifs is 3. The zero-order chi connectivity index (χ0) is 17.4. The minimum Gasteiger partial charge on any atom is -0.357 e. The Morgan fingerprint density at radius 2 is 2.00 bits per heavy atom. The van der Waals surface area contributed by atoms with Crippen LogP contribution in [0.3, 0.4) is 0 Å². The summed E-state index contributed by atoms with van der Waals surface area (Å²) in [4.78, 5) is 17.7. The van der Waals surface area contributed by atoms with Crippen LogP contribution in [0.5, 0.6) is 0 Å². The number of aromatic amines is 1. The van der Waals surface area contributed by atoms with E-state index in [1.165, 1.54) is 40.8 Å². The first-order valence-corrected chi connectivity index (χ1v) is 10.0. The zero-order valence-electron chi connectivity index (χ0n) is 14.9. The lowest BCUT2D eigenvalue weighted by Gasteiger charge is -2.09. The van der Waals surface area contributed by atoms with Gasteiger partial charge in [-0.15, -0.1) is 11.3 Å². The molecule has 4 rings (SSSR count). The normalized spacial score (nSPS) is 14.3. The lowest BCUT2D eigenvalue weighted by molar-refractivity contribution is 0.102. The molecule has 1 amide bonds. The number of thiophene rings is 1. The monoisotopic (exact) mass is 352 g/mol. The van der Waals surface area contributed by atoms with Gasteiger partial charge in [0.05, 0.1) is 15.8 Å². The largest absolute Gasteiger partial charge is 0.357 e.